The maximum Gasteiger partial charge on any atom is 0.102 e. The molecular weight excluding hydrogens is 455 g/mol. The molecule has 0 aliphatic rings. The fourth-order valence-electron chi connectivity index (χ4n) is 4.02. The van der Waals surface area contributed by atoms with Gasteiger partial charge in [0.1, 0.15) is 6.10 Å². The van der Waals surface area contributed by atoms with Crippen LogP contribution in [0.2, 0.25) is 0 Å². The van der Waals surface area contributed by atoms with Crippen LogP contribution < -0.4 is 10.6 Å². The lowest BCUT2D eigenvalue weighted by Gasteiger charge is -2.31. The van der Waals surface area contributed by atoms with Gasteiger partial charge in [0.15, 0.2) is 0 Å². The Morgan fingerprint density at radius 2 is 1.21 bits per heavy atom. The van der Waals surface area contributed by atoms with Gasteiger partial charge in [-0.2, -0.15) is 0 Å². The summed E-state index contributed by atoms with van der Waals surface area (Å²) < 4.78 is 12.8. The van der Waals surface area contributed by atoms with E-state index in [0.29, 0.717) is 6.61 Å². The first kappa shape index (κ1) is 24.7. The zero-order valence-corrected chi connectivity index (χ0v) is 21.6. The molecule has 0 N–H and O–H groups in total. The van der Waals surface area contributed by atoms with E-state index < -0.39 is 8.15 Å². The van der Waals surface area contributed by atoms with Crippen molar-refractivity contribution in [3.63, 3.8) is 0 Å². The Morgan fingerprint density at radius 1 is 0.706 bits per heavy atom. The lowest BCUT2D eigenvalue weighted by atomic mass is 10.1. The second-order valence-electron chi connectivity index (χ2n) is 8.34. The summed E-state index contributed by atoms with van der Waals surface area (Å²) in [7, 11) is 0.752. The van der Waals surface area contributed by atoms with Crippen molar-refractivity contribution in [2.24, 2.45) is 0 Å². The van der Waals surface area contributed by atoms with Crippen LogP contribution in [0.25, 0.3) is 0 Å². The standard InChI is InChI=1S/C30H31O2PS/c1-23-19-24(2)21-28(20-23)34-30(25-13-7-4-8-14-25)29(22-31-3)32-33(26-15-9-5-10-16-26)27-17-11-6-12-18-27/h4-21,29-30H,22H2,1-3H3/t29-,30-/m1/s1. The summed E-state index contributed by atoms with van der Waals surface area (Å²) in [5.74, 6) is 0. The molecule has 0 aliphatic carbocycles. The normalized spacial score (nSPS) is 13.1. The lowest BCUT2D eigenvalue weighted by molar-refractivity contribution is 0.0897. The van der Waals surface area contributed by atoms with Crippen molar-refractivity contribution in [2.75, 3.05) is 13.7 Å². The molecule has 0 unspecified atom stereocenters. The van der Waals surface area contributed by atoms with Crippen molar-refractivity contribution in [2.45, 2.75) is 30.1 Å². The third kappa shape index (κ3) is 6.58. The van der Waals surface area contributed by atoms with Crippen LogP contribution in [-0.2, 0) is 9.26 Å². The Kier molecular flexibility index (Phi) is 8.96. The van der Waals surface area contributed by atoms with E-state index in [4.69, 9.17) is 9.26 Å². The summed E-state index contributed by atoms with van der Waals surface area (Å²) in [5, 5.41) is 2.49. The summed E-state index contributed by atoms with van der Waals surface area (Å²) in [4.78, 5) is 1.25. The maximum absolute atomic E-state index is 7.03. The van der Waals surface area contributed by atoms with Crippen molar-refractivity contribution in [1.29, 1.82) is 0 Å². The first-order valence-electron chi connectivity index (χ1n) is 11.5. The molecule has 0 aromatic heterocycles. The van der Waals surface area contributed by atoms with E-state index in [1.807, 2.05) is 11.8 Å². The van der Waals surface area contributed by atoms with E-state index >= 15 is 0 Å². The van der Waals surface area contributed by atoms with E-state index in [9.17, 15) is 0 Å². The van der Waals surface area contributed by atoms with Crippen LogP contribution in [0.5, 0.6) is 0 Å². The van der Waals surface area contributed by atoms with Crippen LogP contribution in [0.4, 0.5) is 0 Å². The van der Waals surface area contributed by atoms with Crippen LogP contribution in [0.1, 0.15) is 21.9 Å². The van der Waals surface area contributed by atoms with Gasteiger partial charge in [0.25, 0.3) is 0 Å². The summed E-state index contributed by atoms with van der Waals surface area (Å²) >= 11 is 1.86. The van der Waals surface area contributed by atoms with Gasteiger partial charge in [0, 0.05) is 22.6 Å². The van der Waals surface area contributed by atoms with Crippen LogP contribution in [0, 0.1) is 13.8 Å². The van der Waals surface area contributed by atoms with E-state index in [1.165, 1.54) is 32.2 Å². The fraction of sp³-hybridized carbons (Fsp3) is 0.200. The molecule has 0 spiro atoms. The van der Waals surface area contributed by atoms with Gasteiger partial charge in [0.05, 0.1) is 20.0 Å². The van der Waals surface area contributed by atoms with Gasteiger partial charge >= 0.3 is 0 Å². The van der Waals surface area contributed by atoms with Gasteiger partial charge in [-0.1, -0.05) is 97.1 Å². The highest BCUT2D eigenvalue weighted by Gasteiger charge is 2.30. The molecule has 0 radical (unpaired) electrons. The third-order valence-electron chi connectivity index (χ3n) is 5.48. The number of methoxy groups -OCH3 is 1. The van der Waals surface area contributed by atoms with Crippen LogP contribution in [-0.4, -0.2) is 19.8 Å². The van der Waals surface area contributed by atoms with Gasteiger partial charge < -0.3 is 9.26 Å². The highest BCUT2D eigenvalue weighted by molar-refractivity contribution is 7.99. The number of aryl methyl sites for hydroxylation is 2. The Balaban J connectivity index is 1.73. The predicted octanol–water partition coefficient (Wildman–Crippen LogP) is 7.22. The van der Waals surface area contributed by atoms with Crippen molar-refractivity contribution < 1.29 is 9.26 Å². The summed E-state index contributed by atoms with van der Waals surface area (Å²) in [6, 6.07) is 38.5. The molecule has 0 saturated heterocycles. The largest absolute Gasteiger partial charge is 0.382 e. The molecule has 2 nitrogen and oxygen atoms in total. The lowest BCUT2D eigenvalue weighted by Crippen LogP contribution is -2.28. The van der Waals surface area contributed by atoms with E-state index in [1.54, 1.807) is 7.11 Å². The molecule has 34 heavy (non-hydrogen) atoms. The fourth-order valence-corrected chi connectivity index (χ4v) is 7.36. The average Bonchev–Trinajstić information content (AvgIpc) is 2.86. The highest BCUT2D eigenvalue weighted by Crippen LogP contribution is 2.45. The Hall–Kier alpha value is -2.42. The SMILES string of the molecule is COC[C@@H](OP(c1ccccc1)c1ccccc1)[C@H](Sc1cc(C)cc(C)c1)c1ccccc1. The summed E-state index contributed by atoms with van der Waals surface area (Å²) in [5.41, 5.74) is 3.79. The van der Waals surface area contributed by atoms with Crippen LogP contribution in [0.15, 0.2) is 114 Å². The molecule has 2 atom stereocenters. The Labute approximate surface area is 209 Å². The molecule has 0 heterocycles. The Morgan fingerprint density at radius 3 is 1.71 bits per heavy atom. The monoisotopic (exact) mass is 486 g/mol. The van der Waals surface area contributed by atoms with E-state index in [-0.39, 0.29) is 11.4 Å². The molecule has 174 valence electrons. The molecule has 0 bridgehead atoms. The number of ether oxygens (including phenoxy) is 1. The van der Waals surface area contributed by atoms with Crippen molar-refractivity contribution in [3.8, 4) is 0 Å². The second-order valence-corrected chi connectivity index (χ2v) is 11.4. The van der Waals surface area contributed by atoms with Crippen LogP contribution in [0.3, 0.4) is 0 Å². The molecule has 0 amide bonds. The number of benzene rings is 4. The molecule has 4 aromatic rings. The zero-order valence-electron chi connectivity index (χ0n) is 19.9. The summed E-state index contributed by atoms with van der Waals surface area (Å²) in [6.45, 7) is 4.82. The number of rotatable bonds is 10. The molecule has 4 heteroatoms. The minimum atomic E-state index is -1.01. The molecule has 0 fully saturated rings. The number of hydrogen-bond donors (Lipinski definition) is 0. The molecule has 0 saturated carbocycles. The first-order chi connectivity index (χ1) is 16.6. The predicted molar refractivity (Wildman–Crippen MR) is 147 cm³/mol. The number of thioether (sulfide) groups is 1. The van der Waals surface area contributed by atoms with Gasteiger partial charge in [-0.05, 0) is 42.7 Å². The van der Waals surface area contributed by atoms with Gasteiger partial charge in [-0.15, -0.1) is 11.8 Å². The highest BCUT2D eigenvalue weighted by atomic mass is 32.2. The topological polar surface area (TPSA) is 18.5 Å². The van der Waals surface area contributed by atoms with Crippen molar-refractivity contribution in [3.05, 3.63) is 126 Å². The molecular formula is C30H31O2PS. The quantitative estimate of drug-likeness (QED) is 0.174. The molecule has 4 aromatic carbocycles. The Bertz CT molecular complexity index is 1090. The van der Waals surface area contributed by atoms with Gasteiger partial charge in [-0.3, -0.25) is 0 Å². The van der Waals surface area contributed by atoms with Crippen molar-refractivity contribution >= 4 is 30.5 Å². The van der Waals surface area contributed by atoms with E-state index in [2.05, 4.69) is 123 Å². The van der Waals surface area contributed by atoms with Crippen molar-refractivity contribution in [1.82, 2.24) is 0 Å². The number of hydrogen-bond acceptors (Lipinski definition) is 3. The van der Waals surface area contributed by atoms with Crippen LogP contribution >= 0.6 is 19.9 Å². The third-order valence-corrected chi connectivity index (χ3v) is 8.83. The van der Waals surface area contributed by atoms with Gasteiger partial charge in [0.2, 0.25) is 0 Å². The first-order valence-corrected chi connectivity index (χ1v) is 13.6. The average molecular weight is 487 g/mol. The van der Waals surface area contributed by atoms with E-state index in [0.717, 1.165) is 0 Å². The molecule has 4 rings (SSSR count). The smallest absolute Gasteiger partial charge is 0.102 e. The minimum Gasteiger partial charge on any atom is -0.382 e. The minimum absolute atomic E-state index is 0.0831. The maximum atomic E-state index is 7.03. The molecule has 0 aliphatic heterocycles. The zero-order chi connectivity index (χ0) is 23.8. The second kappa shape index (κ2) is 12.3. The summed E-state index contributed by atoms with van der Waals surface area (Å²) in [6.07, 6.45) is -0.134. The van der Waals surface area contributed by atoms with Gasteiger partial charge in [-0.25, -0.2) is 0 Å².